The molecule has 2 N–H and O–H groups in total. The van der Waals surface area contributed by atoms with E-state index < -0.39 is 23.6 Å². The standard InChI is InChI=1S/C16H15F2N3O2S2/c1-8-12(25-16(24)19-8)7-13(22)20-11-5-6-21(15(11)23)14-9(17)3-2-4-10(14)18/h2-4,11H,5-7H2,1H3,(H,19,24)(H,20,22). The molecule has 1 fully saturated rings. The van der Waals surface area contributed by atoms with Gasteiger partial charge in [-0.25, -0.2) is 8.78 Å². The molecule has 9 heteroatoms. The van der Waals surface area contributed by atoms with Gasteiger partial charge in [-0.05, 0) is 37.7 Å². The molecule has 0 spiro atoms. The minimum absolute atomic E-state index is 0.0987. The molecule has 0 aliphatic carbocycles. The number of H-pyrrole nitrogens is 1. The van der Waals surface area contributed by atoms with Gasteiger partial charge in [0.1, 0.15) is 23.4 Å². The second kappa shape index (κ2) is 7.01. The Morgan fingerprint density at radius 3 is 2.72 bits per heavy atom. The van der Waals surface area contributed by atoms with E-state index in [9.17, 15) is 18.4 Å². The normalized spacial score (nSPS) is 17.2. The summed E-state index contributed by atoms with van der Waals surface area (Å²) in [4.78, 5) is 29.4. The molecule has 1 aromatic heterocycles. The number of aromatic amines is 1. The summed E-state index contributed by atoms with van der Waals surface area (Å²) in [6, 6.07) is 2.64. The molecular formula is C16H15F2N3O2S2. The Balaban J connectivity index is 1.69. The van der Waals surface area contributed by atoms with Crippen LogP contribution in [0, 0.1) is 22.5 Å². The number of aromatic nitrogens is 1. The second-order valence-corrected chi connectivity index (χ2v) is 7.48. The first kappa shape index (κ1) is 17.7. The van der Waals surface area contributed by atoms with Crippen molar-refractivity contribution in [3.05, 3.63) is 44.4 Å². The van der Waals surface area contributed by atoms with E-state index in [1.807, 2.05) is 6.92 Å². The average Bonchev–Trinajstić information content (AvgIpc) is 3.03. The van der Waals surface area contributed by atoms with Crippen LogP contribution in [0.25, 0.3) is 0 Å². The summed E-state index contributed by atoms with van der Waals surface area (Å²) in [6.07, 6.45) is 0.391. The number of carbonyl (C=O) groups is 2. The van der Waals surface area contributed by atoms with E-state index in [4.69, 9.17) is 12.2 Å². The topological polar surface area (TPSA) is 65.2 Å². The first-order valence-electron chi connectivity index (χ1n) is 7.60. The van der Waals surface area contributed by atoms with Crippen LogP contribution in [0.15, 0.2) is 18.2 Å². The number of nitrogens with zero attached hydrogens (tertiary/aromatic N) is 1. The van der Waals surface area contributed by atoms with Crippen LogP contribution in [0.3, 0.4) is 0 Å². The molecule has 2 amide bonds. The van der Waals surface area contributed by atoms with Crippen LogP contribution < -0.4 is 10.2 Å². The van der Waals surface area contributed by atoms with Crippen LogP contribution in [0.4, 0.5) is 14.5 Å². The summed E-state index contributed by atoms with van der Waals surface area (Å²) in [5, 5.41) is 2.64. The predicted molar refractivity (Wildman–Crippen MR) is 93.2 cm³/mol. The van der Waals surface area contributed by atoms with Crippen LogP contribution in [0.2, 0.25) is 0 Å². The molecule has 2 heterocycles. The van der Waals surface area contributed by atoms with Crippen LogP contribution >= 0.6 is 23.6 Å². The summed E-state index contributed by atoms with van der Waals surface area (Å²) < 4.78 is 28.3. The number of thiazole rings is 1. The maximum atomic E-state index is 13.9. The Morgan fingerprint density at radius 2 is 2.12 bits per heavy atom. The van der Waals surface area contributed by atoms with Gasteiger partial charge in [0, 0.05) is 17.1 Å². The van der Waals surface area contributed by atoms with E-state index in [1.54, 1.807) is 0 Å². The number of hydrogen-bond acceptors (Lipinski definition) is 4. The van der Waals surface area contributed by atoms with E-state index in [1.165, 1.54) is 17.4 Å². The van der Waals surface area contributed by atoms with Gasteiger partial charge in [-0.15, -0.1) is 11.3 Å². The van der Waals surface area contributed by atoms with E-state index in [-0.39, 0.29) is 24.6 Å². The molecule has 0 radical (unpaired) electrons. The van der Waals surface area contributed by atoms with Gasteiger partial charge in [0.05, 0.1) is 6.42 Å². The summed E-state index contributed by atoms with van der Waals surface area (Å²) in [7, 11) is 0. The van der Waals surface area contributed by atoms with Crippen molar-refractivity contribution in [1.29, 1.82) is 0 Å². The van der Waals surface area contributed by atoms with Crippen molar-refractivity contribution in [2.24, 2.45) is 0 Å². The number of rotatable bonds is 4. The number of halogens is 2. The Labute approximate surface area is 151 Å². The highest BCUT2D eigenvalue weighted by Crippen LogP contribution is 2.27. The molecular weight excluding hydrogens is 368 g/mol. The second-order valence-electron chi connectivity index (χ2n) is 5.71. The third-order valence-corrected chi connectivity index (χ3v) is 5.33. The number of benzene rings is 1. The molecule has 1 saturated heterocycles. The third-order valence-electron chi connectivity index (χ3n) is 3.99. The SMILES string of the molecule is Cc1[nH]c(=S)sc1CC(=O)NC1CCN(c2c(F)cccc2F)C1=O. The van der Waals surface area contributed by atoms with Crippen molar-refractivity contribution < 1.29 is 18.4 Å². The highest BCUT2D eigenvalue weighted by Gasteiger charge is 2.36. The fourth-order valence-corrected chi connectivity index (χ4v) is 4.07. The molecule has 0 saturated carbocycles. The van der Waals surface area contributed by atoms with Crippen LogP contribution in [-0.4, -0.2) is 29.4 Å². The van der Waals surface area contributed by atoms with E-state index in [0.29, 0.717) is 10.4 Å². The number of amides is 2. The van der Waals surface area contributed by atoms with Gasteiger partial charge in [0.25, 0.3) is 0 Å². The number of hydrogen-bond donors (Lipinski definition) is 2. The van der Waals surface area contributed by atoms with E-state index in [0.717, 1.165) is 27.6 Å². The Hall–Kier alpha value is -2.13. The Morgan fingerprint density at radius 1 is 1.44 bits per heavy atom. The van der Waals surface area contributed by atoms with Gasteiger partial charge >= 0.3 is 0 Å². The van der Waals surface area contributed by atoms with E-state index >= 15 is 0 Å². The number of carbonyl (C=O) groups excluding carboxylic acids is 2. The third kappa shape index (κ3) is 3.62. The average molecular weight is 383 g/mol. The minimum Gasteiger partial charge on any atom is -0.344 e. The van der Waals surface area contributed by atoms with Crippen molar-refractivity contribution in [3.8, 4) is 0 Å². The lowest BCUT2D eigenvalue weighted by atomic mass is 10.2. The molecule has 1 atom stereocenters. The molecule has 25 heavy (non-hydrogen) atoms. The molecule has 1 aliphatic heterocycles. The molecule has 0 bridgehead atoms. The lowest BCUT2D eigenvalue weighted by Gasteiger charge is -2.18. The van der Waals surface area contributed by atoms with Crippen molar-refractivity contribution in [3.63, 3.8) is 0 Å². The zero-order chi connectivity index (χ0) is 18.1. The number of nitrogens with one attached hydrogen (secondary N) is 2. The fourth-order valence-electron chi connectivity index (χ4n) is 2.78. The lowest BCUT2D eigenvalue weighted by Crippen LogP contribution is -2.42. The summed E-state index contributed by atoms with van der Waals surface area (Å²) in [5.74, 6) is -2.45. The first-order valence-corrected chi connectivity index (χ1v) is 8.82. The zero-order valence-electron chi connectivity index (χ0n) is 13.3. The van der Waals surface area contributed by atoms with Crippen molar-refractivity contribution in [1.82, 2.24) is 10.3 Å². The van der Waals surface area contributed by atoms with Gasteiger partial charge in [0.15, 0.2) is 3.95 Å². The first-order chi connectivity index (χ1) is 11.9. The lowest BCUT2D eigenvalue weighted by molar-refractivity contribution is -0.126. The van der Waals surface area contributed by atoms with Gasteiger partial charge < -0.3 is 15.2 Å². The molecule has 1 aliphatic rings. The largest absolute Gasteiger partial charge is 0.344 e. The van der Waals surface area contributed by atoms with Gasteiger partial charge in [-0.2, -0.15) is 0 Å². The quantitative estimate of drug-likeness (QED) is 0.798. The predicted octanol–water partition coefficient (Wildman–Crippen LogP) is 2.86. The van der Waals surface area contributed by atoms with Crippen molar-refractivity contribution in [2.45, 2.75) is 25.8 Å². The maximum Gasteiger partial charge on any atom is 0.249 e. The van der Waals surface area contributed by atoms with Gasteiger partial charge in [-0.3, -0.25) is 9.59 Å². The molecule has 3 rings (SSSR count). The van der Waals surface area contributed by atoms with Gasteiger partial charge in [-0.1, -0.05) is 6.07 Å². The zero-order valence-corrected chi connectivity index (χ0v) is 14.9. The number of anilines is 1. The maximum absolute atomic E-state index is 13.9. The Bertz CT molecular complexity index is 873. The minimum atomic E-state index is -0.803. The highest BCUT2D eigenvalue weighted by molar-refractivity contribution is 7.73. The van der Waals surface area contributed by atoms with E-state index in [2.05, 4.69) is 10.3 Å². The van der Waals surface area contributed by atoms with Crippen LogP contribution in [0.1, 0.15) is 17.0 Å². The molecule has 5 nitrogen and oxygen atoms in total. The summed E-state index contributed by atoms with van der Waals surface area (Å²) in [5.41, 5.74) is 0.446. The van der Waals surface area contributed by atoms with Crippen LogP contribution in [0.5, 0.6) is 0 Å². The smallest absolute Gasteiger partial charge is 0.249 e. The summed E-state index contributed by atoms with van der Waals surface area (Å²) in [6.45, 7) is 1.96. The van der Waals surface area contributed by atoms with Crippen molar-refractivity contribution in [2.75, 3.05) is 11.4 Å². The molecule has 1 aromatic carbocycles. The molecule has 2 aromatic rings. The number of para-hydroxylation sites is 1. The monoisotopic (exact) mass is 383 g/mol. The van der Waals surface area contributed by atoms with Crippen molar-refractivity contribution >= 4 is 41.1 Å². The van der Waals surface area contributed by atoms with Crippen LogP contribution in [-0.2, 0) is 16.0 Å². The molecule has 1 unspecified atom stereocenters. The van der Waals surface area contributed by atoms with Gasteiger partial charge in [0.2, 0.25) is 11.8 Å². The fraction of sp³-hybridized carbons (Fsp3) is 0.312. The molecule has 132 valence electrons. The Kier molecular flexibility index (Phi) is 4.96. The number of aryl methyl sites for hydroxylation is 1. The highest BCUT2D eigenvalue weighted by atomic mass is 32.1. The summed E-state index contributed by atoms with van der Waals surface area (Å²) >= 11 is 6.34.